The molecule has 12 heteroatoms. The number of anilines is 1. The van der Waals surface area contributed by atoms with Crippen LogP contribution in [0.15, 0.2) is 77.3 Å². The number of rotatable bonds is 7. The summed E-state index contributed by atoms with van der Waals surface area (Å²) in [5.74, 6) is -2.06. The van der Waals surface area contributed by atoms with Crippen molar-refractivity contribution in [2.45, 2.75) is 13.3 Å². The molecule has 2 aliphatic carbocycles. The second-order valence-electron chi connectivity index (χ2n) is 11.6. The molecule has 7 rings (SSSR count). The molecule has 1 saturated carbocycles. The number of ketones is 1. The number of esters is 1. The van der Waals surface area contributed by atoms with Gasteiger partial charge in [0, 0.05) is 33.1 Å². The van der Waals surface area contributed by atoms with E-state index in [0.717, 1.165) is 6.42 Å². The Kier molecular flexibility index (Phi) is 7.32. The summed E-state index contributed by atoms with van der Waals surface area (Å²) >= 11 is 9.93. The van der Waals surface area contributed by atoms with Crippen LogP contribution in [0, 0.1) is 40.7 Å². The Bertz CT molecular complexity index is 2020. The minimum absolute atomic E-state index is 0.107. The fraction of sp³-hybridized carbons (Fsp3) is 0.206. The summed E-state index contributed by atoms with van der Waals surface area (Å²) in [6, 6.07) is 15.1. The average molecular weight is 701 g/mol. The van der Waals surface area contributed by atoms with Gasteiger partial charge < -0.3 is 4.74 Å². The number of pyridine rings is 1. The van der Waals surface area contributed by atoms with Crippen LogP contribution >= 0.6 is 27.5 Å². The second kappa shape index (κ2) is 11.3. The number of halogens is 2. The number of imide groups is 1. The highest BCUT2D eigenvalue weighted by Crippen LogP contribution is 2.53. The predicted octanol–water partition coefficient (Wildman–Crippen LogP) is 6.89. The molecule has 2 bridgehead atoms. The van der Waals surface area contributed by atoms with Gasteiger partial charge in [-0.2, -0.15) is 0 Å². The molecule has 46 heavy (non-hydrogen) atoms. The average Bonchev–Trinajstić information content (AvgIpc) is 3.75. The zero-order chi connectivity index (χ0) is 32.4. The maximum absolute atomic E-state index is 13.5. The Balaban J connectivity index is 1.18. The fourth-order valence-electron chi connectivity index (χ4n) is 6.78. The lowest BCUT2D eigenvalue weighted by Crippen LogP contribution is -2.32. The summed E-state index contributed by atoms with van der Waals surface area (Å²) in [4.78, 5) is 69.2. The van der Waals surface area contributed by atoms with Crippen molar-refractivity contribution in [2.75, 3.05) is 11.5 Å². The number of aryl methyl sites for hydroxylation is 1. The lowest BCUT2D eigenvalue weighted by atomic mass is 9.85. The van der Waals surface area contributed by atoms with Crippen molar-refractivity contribution in [3.8, 4) is 11.3 Å². The molecular formula is C34H23BrClN3O7. The molecule has 4 aromatic rings. The first-order valence-corrected chi connectivity index (χ1v) is 15.6. The van der Waals surface area contributed by atoms with Gasteiger partial charge in [-0.3, -0.25) is 29.4 Å². The third-order valence-electron chi connectivity index (χ3n) is 9.07. The number of aromatic nitrogens is 1. The molecule has 3 aromatic carbocycles. The van der Waals surface area contributed by atoms with Crippen molar-refractivity contribution in [3.05, 3.63) is 109 Å². The Morgan fingerprint density at radius 1 is 1.02 bits per heavy atom. The highest BCUT2D eigenvalue weighted by atomic mass is 79.9. The molecule has 2 heterocycles. The number of benzene rings is 3. The van der Waals surface area contributed by atoms with E-state index in [0.29, 0.717) is 42.9 Å². The minimum Gasteiger partial charge on any atom is -0.454 e. The van der Waals surface area contributed by atoms with Crippen LogP contribution in [0.5, 0.6) is 0 Å². The number of Topliss-reactive ketones (excluding diaryl/α,β-unsaturated/α-hetero) is 1. The molecule has 0 radical (unpaired) electrons. The van der Waals surface area contributed by atoms with Gasteiger partial charge in [0.25, 0.3) is 5.69 Å². The fourth-order valence-corrected chi connectivity index (χ4v) is 7.45. The molecule has 2 fully saturated rings. The van der Waals surface area contributed by atoms with Crippen molar-refractivity contribution < 1.29 is 28.8 Å². The number of fused-ring (bicyclic) bond motifs is 6. The molecule has 0 N–H and O–H groups in total. The van der Waals surface area contributed by atoms with Gasteiger partial charge in [0.15, 0.2) is 12.4 Å². The maximum atomic E-state index is 13.5. The van der Waals surface area contributed by atoms with E-state index in [1.165, 1.54) is 29.2 Å². The first kappa shape index (κ1) is 29.9. The van der Waals surface area contributed by atoms with Gasteiger partial charge in [0.05, 0.1) is 44.2 Å². The van der Waals surface area contributed by atoms with E-state index < -0.39 is 23.3 Å². The third-order valence-corrected chi connectivity index (χ3v) is 10.4. The highest BCUT2D eigenvalue weighted by Gasteiger charge is 2.59. The van der Waals surface area contributed by atoms with Crippen LogP contribution in [-0.2, 0) is 14.3 Å². The van der Waals surface area contributed by atoms with E-state index in [1.54, 1.807) is 43.3 Å². The van der Waals surface area contributed by atoms with Crippen molar-refractivity contribution >= 4 is 73.4 Å². The summed E-state index contributed by atoms with van der Waals surface area (Å²) in [5.41, 5.74) is 2.69. The van der Waals surface area contributed by atoms with Crippen molar-refractivity contribution in [1.29, 1.82) is 0 Å². The number of allylic oxidation sites excluding steroid dienone is 2. The van der Waals surface area contributed by atoms with Crippen LogP contribution in [-0.4, -0.2) is 40.1 Å². The molecule has 1 aromatic heterocycles. The molecule has 4 unspecified atom stereocenters. The molecule has 3 aliphatic rings. The van der Waals surface area contributed by atoms with Gasteiger partial charge >= 0.3 is 5.97 Å². The molecule has 1 saturated heterocycles. The summed E-state index contributed by atoms with van der Waals surface area (Å²) in [6.45, 7) is 1.18. The standard InChI is InChI=1S/C34H23BrClN3O7/c1-16-30(36)25(35)13-23-24(34(43)46-15-27(40)18-6-10-22(11-7-18)39(44)45)14-26(37-31(16)23)17-4-8-21(9-5-17)38-32(41)28-19-2-3-20(12-19)29(28)33(38)42/h2-11,13-14,19-20,28-29H,12,15H2,1H3. The minimum atomic E-state index is -0.780. The van der Waals surface area contributed by atoms with E-state index in [-0.39, 0.29) is 52.3 Å². The van der Waals surface area contributed by atoms with Crippen LogP contribution < -0.4 is 4.90 Å². The smallest absolute Gasteiger partial charge is 0.339 e. The number of ether oxygens (including phenoxy) is 1. The molecule has 1 aliphatic heterocycles. The zero-order valence-corrected chi connectivity index (χ0v) is 26.4. The summed E-state index contributed by atoms with van der Waals surface area (Å²) in [6.07, 6.45) is 4.95. The number of hydrogen-bond donors (Lipinski definition) is 0. The lowest BCUT2D eigenvalue weighted by molar-refractivity contribution is -0.384. The van der Waals surface area contributed by atoms with Crippen molar-refractivity contribution in [1.82, 2.24) is 4.98 Å². The Morgan fingerprint density at radius 2 is 1.65 bits per heavy atom. The molecule has 2 amide bonds. The first-order valence-electron chi connectivity index (χ1n) is 14.4. The second-order valence-corrected chi connectivity index (χ2v) is 12.8. The Labute approximate surface area is 275 Å². The van der Waals surface area contributed by atoms with E-state index in [4.69, 9.17) is 21.3 Å². The van der Waals surface area contributed by atoms with Gasteiger partial charge in [0.2, 0.25) is 11.8 Å². The van der Waals surface area contributed by atoms with Crippen LogP contribution in [0.3, 0.4) is 0 Å². The van der Waals surface area contributed by atoms with Crippen molar-refractivity contribution in [3.63, 3.8) is 0 Å². The van der Waals surface area contributed by atoms with Gasteiger partial charge in [-0.25, -0.2) is 9.78 Å². The summed E-state index contributed by atoms with van der Waals surface area (Å²) in [7, 11) is 0. The van der Waals surface area contributed by atoms with E-state index in [1.807, 2.05) is 0 Å². The quantitative estimate of drug-likeness (QED) is 0.0508. The monoisotopic (exact) mass is 699 g/mol. The van der Waals surface area contributed by atoms with E-state index in [9.17, 15) is 29.3 Å². The topological polar surface area (TPSA) is 137 Å². The lowest BCUT2D eigenvalue weighted by Gasteiger charge is -2.18. The highest BCUT2D eigenvalue weighted by molar-refractivity contribution is 9.10. The number of nitro benzene ring substituents is 1. The molecule has 0 spiro atoms. The van der Waals surface area contributed by atoms with Gasteiger partial charge in [-0.15, -0.1) is 0 Å². The molecule has 230 valence electrons. The number of carbonyl (C=O) groups is 4. The number of hydrogen-bond acceptors (Lipinski definition) is 8. The Hall–Kier alpha value is -4.74. The summed E-state index contributed by atoms with van der Waals surface area (Å²) in [5, 5.41) is 11.8. The largest absolute Gasteiger partial charge is 0.454 e. The third kappa shape index (κ3) is 4.81. The number of nitro groups is 1. The van der Waals surface area contributed by atoms with Crippen LogP contribution in [0.2, 0.25) is 5.02 Å². The zero-order valence-electron chi connectivity index (χ0n) is 24.1. The van der Waals surface area contributed by atoms with Crippen LogP contribution in [0.4, 0.5) is 11.4 Å². The van der Waals surface area contributed by atoms with Crippen LogP contribution in [0.25, 0.3) is 22.2 Å². The van der Waals surface area contributed by atoms with E-state index in [2.05, 4.69) is 28.1 Å². The Morgan fingerprint density at radius 3 is 2.26 bits per heavy atom. The normalized spacial score (nSPS) is 21.2. The van der Waals surface area contributed by atoms with Gasteiger partial charge in [-0.05, 0) is 83.1 Å². The molecule has 10 nitrogen and oxygen atoms in total. The van der Waals surface area contributed by atoms with Crippen LogP contribution in [0.1, 0.15) is 32.7 Å². The van der Waals surface area contributed by atoms with E-state index >= 15 is 0 Å². The van der Waals surface area contributed by atoms with Gasteiger partial charge in [-0.1, -0.05) is 35.9 Å². The number of carbonyl (C=O) groups excluding carboxylic acids is 4. The molecule has 4 atom stereocenters. The molecular weight excluding hydrogens is 678 g/mol. The van der Waals surface area contributed by atoms with Crippen molar-refractivity contribution in [2.24, 2.45) is 23.7 Å². The predicted molar refractivity (Wildman–Crippen MR) is 173 cm³/mol. The maximum Gasteiger partial charge on any atom is 0.339 e. The number of nitrogens with zero attached hydrogens (tertiary/aromatic N) is 3. The number of non-ortho nitro benzene ring substituents is 1. The summed E-state index contributed by atoms with van der Waals surface area (Å²) < 4.78 is 5.96. The van der Waals surface area contributed by atoms with Gasteiger partial charge in [0.1, 0.15) is 0 Å². The SMILES string of the molecule is Cc1c(Cl)c(Br)cc2c(C(=O)OCC(=O)c3ccc([N+](=O)[O-])cc3)cc(-c3ccc(N4C(=O)C5C6C=CC(C6)C5C4=O)cc3)nc12. The first-order chi connectivity index (χ1) is 22.0. The number of amides is 2.